The van der Waals surface area contributed by atoms with E-state index in [-0.39, 0.29) is 18.9 Å². The van der Waals surface area contributed by atoms with Crippen LogP contribution in [0, 0.1) is 0 Å². The number of hydrogen-bond donors (Lipinski definition) is 4. The van der Waals surface area contributed by atoms with E-state index in [0.29, 0.717) is 6.42 Å². The average Bonchev–Trinajstić information content (AvgIpc) is 3.00. The lowest BCUT2D eigenvalue weighted by atomic mass is 10.0. The minimum Gasteiger partial charge on any atom is -0.394 e. The summed E-state index contributed by atoms with van der Waals surface area (Å²) in [4.78, 5) is 12.3. The molecule has 0 aromatic rings. The molecule has 43 heavy (non-hydrogen) atoms. The van der Waals surface area contributed by atoms with Gasteiger partial charge in [-0.1, -0.05) is 159 Å². The maximum Gasteiger partial charge on any atom is 0.222 e. The van der Waals surface area contributed by atoms with Crippen molar-refractivity contribution in [2.24, 2.45) is 0 Å². The van der Waals surface area contributed by atoms with E-state index >= 15 is 0 Å². The molecule has 0 spiro atoms. The van der Waals surface area contributed by atoms with Crippen molar-refractivity contribution in [1.82, 2.24) is 5.32 Å². The molecule has 4 N–H and O–H groups in total. The Morgan fingerprint density at radius 2 is 1.00 bits per heavy atom. The average molecular weight is 606 g/mol. The first kappa shape index (κ1) is 41.6. The SMILES string of the molecule is CCCCCCCCCCC/C=C/CC/C=C/CC/C=C/C(O)C(CO)NC(=O)CC(O)CCCCCCCCCCC. The first-order valence-corrected chi connectivity index (χ1v) is 18.3. The molecule has 0 rings (SSSR count). The van der Waals surface area contributed by atoms with Crippen molar-refractivity contribution in [3.8, 4) is 0 Å². The van der Waals surface area contributed by atoms with Crippen LogP contribution in [0.5, 0.6) is 0 Å². The van der Waals surface area contributed by atoms with Crippen molar-refractivity contribution in [3.63, 3.8) is 0 Å². The van der Waals surface area contributed by atoms with Gasteiger partial charge in [-0.15, -0.1) is 0 Å². The molecule has 0 bridgehead atoms. The predicted molar refractivity (Wildman–Crippen MR) is 185 cm³/mol. The quantitative estimate of drug-likeness (QED) is 0.0454. The summed E-state index contributed by atoms with van der Waals surface area (Å²) >= 11 is 0. The number of amides is 1. The second-order valence-electron chi connectivity index (χ2n) is 12.5. The summed E-state index contributed by atoms with van der Waals surface area (Å²) in [5.74, 6) is -0.333. The Kier molecular flexibility index (Phi) is 32.3. The van der Waals surface area contributed by atoms with Crippen LogP contribution in [0.3, 0.4) is 0 Å². The standard InChI is InChI=1S/C38H71NO4/c1-3-5-7-9-11-13-14-15-16-17-18-19-20-21-22-24-26-28-30-32-37(42)36(34-40)39-38(43)33-35(41)31-29-27-25-23-12-10-8-6-4-2/h18-19,22,24,30,32,35-37,40-42H,3-17,20-21,23,25-29,31,33-34H2,1-2H3,(H,39,43)/b19-18+,24-22+,32-30+. The van der Waals surface area contributed by atoms with Crippen molar-refractivity contribution in [2.45, 2.75) is 193 Å². The van der Waals surface area contributed by atoms with Crippen LogP contribution in [0.2, 0.25) is 0 Å². The molecule has 1 amide bonds. The maximum absolute atomic E-state index is 12.3. The van der Waals surface area contributed by atoms with Crippen LogP contribution in [0.1, 0.15) is 174 Å². The molecular weight excluding hydrogens is 534 g/mol. The van der Waals surface area contributed by atoms with Crippen LogP contribution >= 0.6 is 0 Å². The van der Waals surface area contributed by atoms with Gasteiger partial charge in [-0.2, -0.15) is 0 Å². The van der Waals surface area contributed by atoms with Crippen molar-refractivity contribution < 1.29 is 20.1 Å². The van der Waals surface area contributed by atoms with Gasteiger partial charge in [0, 0.05) is 0 Å². The highest BCUT2D eigenvalue weighted by Crippen LogP contribution is 2.13. The van der Waals surface area contributed by atoms with E-state index in [1.165, 1.54) is 109 Å². The van der Waals surface area contributed by atoms with E-state index in [1.54, 1.807) is 6.08 Å². The molecule has 3 atom stereocenters. The molecule has 0 heterocycles. The largest absolute Gasteiger partial charge is 0.394 e. The minimum absolute atomic E-state index is 0.00316. The fourth-order valence-corrected chi connectivity index (χ4v) is 5.31. The third kappa shape index (κ3) is 30.4. The van der Waals surface area contributed by atoms with Gasteiger partial charge in [0.15, 0.2) is 0 Å². The molecule has 0 aliphatic carbocycles. The molecular formula is C38H71NO4. The zero-order valence-corrected chi connectivity index (χ0v) is 28.3. The molecule has 0 aromatic carbocycles. The number of rotatable bonds is 32. The van der Waals surface area contributed by atoms with Crippen molar-refractivity contribution in [2.75, 3.05) is 6.61 Å². The van der Waals surface area contributed by atoms with E-state index in [1.807, 2.05) is 6.08 Å². The fraction of sp³-hybridized carbons (Fsp3) is 0.816. The molecule has 0 saturated carbocycles. The van der Waals surface area contributed by atoms with Crippen molar-refractivity contribution in [1.29, 1.82) is 0 Å². The Balaban J connectivity index is 3.81. The van der Waals surface area contributed by atoms with Crippen LogP contribution in [-0.2, 0) is 4.79 Å². The Labute approximate surface area is 266 Å². The number of nitrogens with one attached hydrogen (secondary N) is 1. The van der Waals surface area contributed by atoms with Gasteiger partial charge < -0.3 is 20.6 Å². The highest BCUT2D eigenvalue weighted by molar-refractivity contribution is 5.76. The van der Waals surface area contributed by atoms with E-state index in [4.69, 9.17) is 0 Å². The van der Waals surface area contributed by atoms with Crippen molar-refractivity contribution in [3.05, 3.63) is 36.5 Å². The predicted octanol–water partition coefficient (Wildman–Crippen LogP) is 9.65. The molecule has 0 radical (unpaired) electrons. The summed E-state index contributed by atoms with van der Waals surface area (Å²) in [6.07, 6.45) is 39.9. The lowest BCUT2D eigenvalue weighted by Crippen LogP contribution is -2.45. The smallest absolute Gasteiger partial charge is 0.222 e. The van der Waals surface area contributed by atoms with Crippen LogP contribution in [0.25, 0.3) is 0 Å². The van der Waals surface area contributed by atoms with Gasteiger partial charge in [-0.05, 0) is 44.9 Å². The normalized spacial score (nSPS) is 14.3. The molecule has 0 saturated heterocycles. The lowest BCUT2D eigenvalue weighted by Gasteiger charge is -2.21. The number of aliphatic hydroxyl groups is 3. The maximum atomic E-state index is 12.3. The topological polar surface area (TPSA) is 89.8 Å². The van der Waals surface area contributed by atoms with Gasteiger partial charge in [0.2, 0.25) is 5.91 Å². The number of unbranched alkanes of at least 4 members (excludes halogenated alkanes) is 19. The van der Waals surface area contributed by atoms with E-state index in [2.05, 4.69) is 43.5 Å². The van der Waals surface area contributed by atoms with Gasteiger partial charge in [0.05, 0.1) is 31.3 Å². The second kappa shape index (κ2) is 33.5. The summed E-state index contributed by atoms with van der Waals surface area (Å²) in [6.45, 7) is 4.15. The summed E-state index contributed by atoms with van der Waals surface area (Å²) in [6, 6.07) is -0.762. The summed E-state index contributed by atoms with van der Waals surface area (Å²) in [7, 11) is 0. The highest BCUT2D eigenvalue weighted by Gasteiger charge is 2.20. The number of hydrogen-bond acceptors (Lipinski definition) is 4. The van der Waals surface area contributed by atoms with Gasteiger partial charge in [0.1, 0.15) is 0 Å². The molecule has 0 fully saturated rings. The zero-order chi connectivity index (χ0) is 31.6. The number of aliphatic hydroxyl groups excluding tert-OH is 3. The lowest BCUT2D eigenvalue weighted by molar-refractivity contribution is -0.124. The number of carbonyl (C=O) groups is 1. The van der Waals surface area contributed by atoms with Gasteiger partial charge in [-0.25, -0.2) is 0 Å². The first-order valence-electron chi connectivity index (χ1n) is 18.3. The van der Waals surface area contributed by atoms with E-state index in [9.17, 15) is 20.1 Å². The molecule has 5 heteroatoms. The van der Waals surface area contributed by atoms with Crippen LogP contribution in [0.15, 0.2) is 36.5 Å². The van der Waals surface area contributed by atoms with Crippen LogP contribution in [-0.4, -0.2) is 46.1 Å². The minimum atomic E-state index is -0.955. The third-order valence-electron chi connectivity index (χ3n) is 8.16. The molecule has 0 aliphatic heterocycles. The van der Waals surface area contributed by atoms with Gasteiger partial charge in [-0.3, -0.25) is 4.79 Å². The Bertz CT molecular complexity index is 675. The Morgan fingerprint density at radius 1 is 0.581 bits per heavy atom. The first-order chi connectivity index (χ1) is 21.0. The van der Waals surface area contributed by atoms with Gasteiger partial charge in [0.25, 0.3) is 0 Å². The zero-order valence-electron chi connectivity index (χ0n) is 28.3. The number of allylic oxidation sites excluding steroid dienone is 5. The fourth-order valence-electron chi connectivity index (χ4n) is 5.31. The summed E-state index contributed by atoms with van der Waals surface area (Å²) < 4.78 is 0. The van der Waals surface area contributed by atoms with E-state index < -0.39 is 18.2 Å². The monoisotopic (exact) mass is 606 g/mol. The Morgan fingerprint density at radius 3 is 1.49 bits per heavy atom. The summed E-state index contributed by atoms with van der Waals surface area (Å²) in [5, 5.41) is 32.9. The summed E-state index contributed by atoms with van der Waals surface area (Å²) in [5.41, 5.74) is 0. The highest BCUT2D eigenvalue weighted by atomic mass is 16.3. The molecule has 5 nitrogen and oxygen atoms in total. The van der Waals surface area contributed by atoms with Gasteiger partial charge >= 0.3 is 0 Å². The van der Waals surface area contributed by atoms with Crippen molar-refractivity contribution >= 4 is 5.91 Å². The molecule has 3 unspecified atom stereocenters. The van der Waals surface area contributed by atoms with Crippen LogP contribution in [0.4, 0.5) is 0 Å². The molecule has 0 aliphatic rings. The second-order valence-corrected chi connectivity index (χ2v) is 12.5. The van der Waals surface area contributed by atoms with E-state index in [0.717, 1.165) is 38.5 Å². The number of carbonyl (C=O) groups excluding carboxylic acids is 1. The molecule has 0 aromatic heterocycles. The Hall–Kier alpha value is -1.43. The van der Waals surface area contributed by atoms with Crippen LogP contribution < -0.4 is 5.32 Å². The molecule has 252 valence electrons. The third-order valence-corrected chi connectivity index (χ3v) is 8.16.